The highest BCUT2D eigenvalue weighted by molar-refractivity contribution is 9.10. The summed E-state index contributed by atoms with van der Waals surface area (Å²) in [5.74, 6) is -2.50. The van der Waals surface area contributed by atoms with Crippen molar-refractivity contribution in [3.63, 3.8) is 0 Å². The molecule has 1 unspecified atom stereocenters. The van der Waals surface area contributed by atoms with Crippen molar-refractivity contribution in [1.82, 2.24) is 9.78 Å². The molecule has 13 heavy (non-hydrogen) atoms. The van der Waals surface area contributed by atoms with Gasteiger partial charge < -0.3 is 0 Å². The maximum absolute atomic E-state index is 12.9. The van der Waals surface area contributed by atoms with Gasteiger partial charge >= 0.3 is 0 Å². The van der Waals surface area contributed by atoms with Gasteiger partial charge in [0.2, 0.25) is 5.92 Å². The standard InChI is InChI=1S/C8H9BrF2N2/c9-7-2-4-12-13(7)6-1-3-8(10,11)5-6/h2,4,6H,1,3,5H2. The predicted molar refractivity (Wildman–Crippen MR) is 47.8 cm³/mol. The number of halogens is 3. The molecule has 1 aliphatic rings. The molecule has 1 aromatic heterocycles. The zero-order valence-electron chi connectivity index (χ0n) is 6.88. The van der Waals surface area contributed by atoms with Gasteiger partial charge in [0.1, 0.15) is 4.60 Å². The maximum atomic E-state index is 12.9. The van der Waals surface area contributed by atoms with Gasteiger partial charge in [0, 0.05) is 12.8 Å². The summed E-state index contributed by atoms with van der Waals surface area (Å²) >= 11 is 3.27. The molecule has 0 spiro atoms. The zero-order valence-corrected chi connectivity index (χ0v) is 8.47. The molecule has 0 aromatic carbocycles. The maximum Gasteiger partial charge on any atom is 0.250 e. The van der Waals surface area contributed by atoms with E-state index in [0.29, 0.717) is 6.42 Å². The van der Waals surface area contributed by atoms with Gasteiger partial charge in [-0.25, -0.2) is 8.78 Å². The number of rotatable bonds is 1. The summed E-state index contributed by atoms with van der Waals surface area (Å²) in [6, 6.07) is 1.61. The zero-order chi connectivity index (χ0) is 9.47. The normalized spacial score (nSPS) is 26.5. The number of alkyl halides is 2. The van der Waals surface area contributed by atoms with Crippen LogP contribution < -0.4 is 0 Å². The first-order valence-electron chi connectivity index (χ1n) is 4.15. The Morgan fingerprint density at radius 2 is 2.38 bits per heavy atom. The van der Waals surface area contributed by atoms with Crippen molar-refractivity contribution in [3.8, 4) is 0 Å². The summed E-state index contributed by atoms with van der Waals surface area (Å²) in [6.45, 7) is 0. The van der Waals surface area contributed by atoms with Crippen LogP contribution in [0.5, 0.6) is 0 Å². The van der Waals surface area contributed by atoms with Crippen LogP contribution in [-0.2, 0) is 0 Å². The minimum absolute atomic E-state index is 0.0238. The average Bonchev–Trinajstić information content (AvgIpc) is 2.56. The van der Waals surface area contributed by atoms with Crippen LogP contribution in [0.1, 0.15) is 25.3 Å². The van der Waals surface area contributed by atoms with Gasteiger partial charge in [-0.05, 0) is 28.4 Å². The molecule has 1 aliphatic carbocycles. The number of aromatic nitrogens is 2. The molecule has 0 amide bonds. The Hall–Kier alpha value is -0.450. The first-order valence-corrected chi connectivity index (χ1v) is 4.95. The van der Waals surface area contributed by atoms with Crippen molar-refractivity contribution in [3.05, 3.63) is 16.9 Å². The van der Waals surface area contributed by atoms with Gasteiger partial charge in [-0.2, -0.15) is 5.10 Å². The quantitative estimate of drug-likeness (QED) is 0.750. The molecule has 72 valence electrons. The van der Waals surface area contributed by atoms with Gasteiger partial charge in [-0.1, -0.05) is 0 Å². The summed E-state index contributed by atoms with van der Waals surface area (Å²) < 4.78 is 28.1. The summed E-state index contributed by atoms with van der Waals surface area (Å²) in [7, 11) is 0. The lowest BCUT2D eigenvalue weighted by molar-refractivity contribution is 0.00510. The lowest BCUT2D eigenvalue weighted by atomic mass is 10.2. The molecule has 1 heterocycles. The van der Waals surface area contributed by atoms with Crippen LogP contribution in [0.2, 0.25) is 0 Å². The lowest BCUT2D eigenvalue weighted by Crippen LogP contribution is -2.13. The highest BCUT2D eigenvalue weighted by Gasteiger charge is 2.40. The molecule has 2 nitrogen and oxygen atoms in total. The van der Waals surface area contributed by atoms with E-state index in [1.165, 1.54) is 0 Å². The number of nitrogens with zero attached hydrogens (tertiary/aromatic N) is 2. The van der Waals surface area contributed by atoms with Gasteiger partial charge in [-0.15, -0.1) is 0 Å². The largest absolute Gasteiger partial charge is 0.255 e. The van der Waals surface area contributed by atoms with Crippen LogP contribution >= 0.6 is 15.9 Å². The molecule has 2 rings (SSSR count). The molecule has 0 N–H and O–H groups in total. The Bertz CT molecular complexity index is 311. The van der Waals surface area contributed by atoms with Crippen molar-refractivity contribution in [1.29, 1.82) is 0 Å². The van der Waals surface area contributed by atoms with Crippen LogP contribution in [0.3, 0.4) is 0 Å². The molecule has 1 saturated carbocycles. The topological polar surface area (TPSA) is 17.8 Å². The van der Waals surface area contributed by atoms with Crippen molar-refractivity contribution in [2.24, 2.45) is 0 Å². The first-order chi connectivity index (χ1) is 6.08. The van der Waals surface area contributed by atoms with Crippen molar-refractivity contribution in [2.45, 2.75) is 31.2 Å². The minimum Gasteiger partial charge on any atom is -0.255 e. The Labute approximate surface area is 83.1 Å². The van der Waals surface area contributed by atoms with Crippen LogP contribution in [0, 0.1) is 0 Å². The Kier molecular flexibility index (Phi) is 2.14. The van der Waals surface area contributed by atoms with E-state index in [1.807, 2.05) is 0 Å². The molecule has 0 bridgehead atoms. The summed E-state index contributed by atoms with van der Waals surface area (Å²) in [5, 5.41) is 4.00. The second-order valence-corrected chi connectivity index (χ2v) is 4.16. The van der Waals surface area contributed by atoms with Gasteiger partial charge in [0.25, 0.3) is 0 Å². The molecule has 0 aliphatic heterocycles. The third-order valence-electron chi connectivity index (χ3n) is 2.35. The van der Waals surface area contributed by atoms with Gasteiger partial charge in [-0.3, -0.25) is 4.68 Å². The van der Waals surface area contributed by atoms with Gasteiger partial charge in [0.05, 0.1) is 12.2 Å². The highest BCUT2D eigenvalue weighted by atomic mass is 79.9. The molecule has 0 radical (unpaired) electrons. The minimum atomic E-state index is -2.50. The van der Waals surface area contributed by atoms with Crippen LogP contribution in [0.25, 0.3) is 0 Å². The van der Waals surface area contributed by atoms with Crippen LogP contribution in [0.15, 0.2) is 16.9 Å². The third-order valence-corrected chi connectivity index (χ3v) is 2.97. The molecule has 1 atom stereocenters. The van der Waals surface area contributed by atoms with E-state index in [0.717, 1.165) is 4.60 Å². The fourth-order valence-corrected chi connectivity index (χ4v) is 2.20. The number of hydrogen-bond acceptors (Lipinski definition) is 1. The molecule has 0 saturated heterocycles. The smallest absolute Gasteiger partial charge is 0.250 e. The highest BCUT2D eigenvalue weighted by Crippen LogP contribution is 2.41. The van der Waals surface area contributed by atoms with E-state index in [2.05, 4.69) is 21.0 Å². The van der Waals surface area contributed by atoms with Crippen LogP contribution in [0.4, 0.5) is 8.78 Å². The lowest BCUT2D eigenvalue weighted by Gasteiger charge is -2.12. The monoisotopic (exact) mass is 250 g/mol. The average molecular weight is 251 g/mol. The molecular formula is C8H9BrF2N2. The molecule has 5 heteroatoms. The van der Waals surface area contributed by atoms with E-state index >= 15 is 0 Å². The fourth-order valence-electron chi connectivity index (χ4n) is 1.70. The van der Waals surface area contributed by atoms with E-state index in [4.69, 9.17) is 0 Å². The van der Waals surface area contributed by atoms with E-state index in [9.17, 15) is 8.78 Å². The third kappa shape index (κ3) is 1.75. The molecule has 1 aromatic rings. The van der Waals surface area contributed by atoms with Crippen LogP contribution in [-0.4, -0.2) is 15.7 Å². The Balaban J connectivity index is 2.17. The van der Waals surface area contributed by atoms with E-state index < -0.39 is 5.92 Å². The van der Waals surface area contributed by atoms with E-state index in [-0.39, 0.29) is 18.9 Å². The SMILES string of the molecule is FC1(F)CCC(n2nccc2Br)C1. The molecular weight excluding hydrogens is 242 g/mol. The van der Waals surface area contributed by atoms with Crippen molar-refractivity contribution >= 4 is 15.9 Å². The number of hydrogen-bond donors (Lipinski definition) is 0. The second-order valence-electron chi connectivity index (χ2n) is 3.35. The summed E-state index contributed by atoms with van der Waals surface area (Å²) in [5.41, 5.74) is 0. The first kappa shape index (κ1) is 9.12. The van der Waals surface area contributed by atoms with Gasteiger partial charge in [0.15, 0.2) is 0 Å². The van der Waals surface area contributed by atoms with Crippen molar-refractivity contribution in [2.75, 3.05) is 0 Å². The fraction of sp³-hybridized carbons (Fsp3) is 0.625. The Morgan fingerprint density at radius 3 is 2.85 bits per heavy atom. The second kappa shape index (κ2) is 3.04. The van der Waals surface area contributed by atoms with E-state index in [1.54, 1.807) is 16.9 Å². The Morgan fingerprint density at radius 1 is 1.62 bits per heavy atom. The molecule has 1 fully saturated rings. The van der Waals surface area contributed by atoms with Crippen molar-refractivity contribution < 1.29 is 8.78 Å². The predicted octanol–water partition coefficient (Wildman–Crippen LogP) is 3.01. The summed E-state index contributed by atoms with van der Waals surface area (Å²) in [4.78, 5) is 0. The summed E-state index contributed by atoms with van der Waals surface area (Å²) in [6.07, 6.45) is 2.01.